The molecular weight excluding hydrogens is 298 g/mol. The molecule has 1 aromatic rings. The Morgan fingerprint density at radius 1 is 1.43 bits per heavy atom. The Morgan fingerprint density at radius 2 is 2.00 bits per heavy atom. The van der Waals surface area contributed by atoms with Crippen LogP contribution in [0.1, 0.15) is 35.7 Å². The fraction of sp³-hybridized carbons (Fsp3) is 0.417. The molecule has 1 saturated carbocycles. The SMILES string of the molecule is Cc1c([N+](=O)[O-])cc(C(=O)NC2(C)CC2)cc1S(N)(=O)=O. The van der Waals surface area contributed by atoms with Crippen molar-refractivity contribution in [3.8, 4) is 0 Å². The highest BCUT2D eigenvalue weighted by molar-refractivity contribution is 7.89. The van der Waals surface area contributed by atoms with Crippen LogP contribution in [-0.4, -0.2) is 24.8 Å². The molecule has 0 spiro atoms. The van der Waals surface area contributed by atoms with Crippen LogP contribution < -0.4 is 10.5 Å². The van der Waals surface area contributed by atoms with E-state index in [0.29, 0.717) is 0 Å². The van der Waals surface area contributed by atoms with Gasteiger partial charge >= 0.3 is 0 Å². The normalized spacial score (nSPS) is 16.3. The summed E-state index contributed by atoms with van der Waals surface area (Å²) in [5.74, 6) is -0.553. The van der Waals surface area contributed by atoms with E-state index >= 15 is 0 Å². The second-order valence-corrected chi connectivity index (χ2v) is 6.97. The van der Waals surface area contributed by atoms with E-state index in [4.69, 9.17) is 5.14 Å². The number of primary sulfonamides is 1. The molecule has 9 heteroatoms. The number of hydrogen-bond donors (Lipinski definition) is 2. The summed E-state index contributed by atoms with van der Waals surface area (Å²) in [6, 6.07) is 2.13. The van der Waals surface area contributed by atoms with Crippen LogP contribution in [0.5, 0.6) is 0 Å². The van der Waals surface area contributed by atoms with Crippen molar-refractivity contribution in [3.05, 3.63) is 33.4 Å². The topological polar surface area (TPSA) is 132 Å². The molecule has 8 nitrogen and oxygen atoms in total. The van der Waals surface area contributed by atoms with E-state index in [2.05, 4.69) is 5.32 Å². The molecule has 0 aliphatic heterocycles. The van der Waals surface area contributed by atoms with Crippen molar-refractivity contribution in [2.24, 2.45) is 5.14 Å². The van der Waals surface area contributed by atoms with Gasteiger partial charge in [0.15, 0.2) is 0 Å². The maximum atomic E-state index is 12.1. The number of nitrogens with zero attached hydrogens (tertiary/aromatic N) is 1. The molecule has 0 radical (unpaired) electrons. The number of carbonyl (C=O) groups is 1. The second kappa shape index (κ2) is 4.78. The van der Waals surface area contributed by atoms with Crippen LogP contribution in [0.2, 0.25) is 0 Å². The lowest BCUT2D eigenvalue weighted by Gasteiger charge is -2.13. The summed E-state index contributed by atoms with van der Waals surface area (Å²) in [7, 11) is -4.16. The number of benzene rings is 1. The third-order valence-electron chi connectivity index (χ3n) is 3.51. The predicted molar refractivity (Wildman–Crippen MR) is 74.3 cm³/mol. The van der Waals surface area contributed by atoms with Crippen LogP contribution in [0.3, 0.4) is 0 Å². The van der Waals surface area contributed by atoms with Crippen molar-refractivity contribution in [1.82, 2.24) is 5.32 Å². The molecule has 3 N–H and O–H groups in total. The van der Waals surface area contributed by atoms with E-state index in [0.717, 1.165) is 25.0 Å². The zero-order valence-corrected chi connectivity index (χ0v) is 12.4. The molecule has 0 bridgehead atoms. The number of hydrogen-bond acceptors (Lipinski definition) is 5. The van der Waals surface area contributed by atoms with Gasteiger partial charge in [-0.25, -0.2) is 13.6 Å². The Balaban J connectivity index is 2.54. The van der Waals surface area contributed by atoms with Crippen LogP contribution in [0.4, 0.5) is 5.69 Å². The first-order chi connectivity index (χ1) is 9.53. The van der Waals surface area contributed by atoms with Crippen LogP contribution >= 0.6 is 0 Å². The zero-order valence-electron chi connectivity index (χ0n) is 11.5. The molecular formula is C12H15N3O5S. The maximum absolute atomic E-state index is 12.1. The molecule has 1 aliphatic carbocycles. The smallest absolute Gasteiger partial charge is 0.274 e. The first-order valence-electron chi connectivity index (χ1n) is 6.18. The lowest BCUT2D eigenvalue weighted by Crippen LogP contribution is -2.34. The van der Waals surface area contributed by atoms with Gasteiger partial charge in [-0.05, 0) is 32.8 Å². The number of nitro benzene ring substituents is 1. The van der Waals surface area contributed by atoms with Gasteiger partial charge in [-0.2, -0.15) is 0 Å². The molecule has 1 fully saturated rings. The molecule has 21 heavy (non-hydrogen) atoms. The van der Waals surface area contributed by atoms with Gasteiger partial charge in [-0.3, -0.25) is 14.9 Å². The van der Waals surface area contributed by atoms with Gasteiger partial charge in [-0.1, -0.05) is 0 Å². The fourth-order valence-corrected chi connectivity index (χ4v) is 2.77. The Kier molecular flexibility index (Phi) is 3.50. The fourth-order valence-electron chi connectivity index (χ4n) is 1.95. The van der Waals surface area contributed by atoms with Gasteiger partial charge in [0.05, 0.1) is 9.82 Å². The minimum atomic E-state index is -4.16. The molecule has 1 aliphatic rings. The Morgan fingerprint density at radius 3 is 2.43 bits per heavy atom. The number of nitrogens with two attached hydrogens (primary N) is 1. The van der Waals surface area contributed by atoms with Crippen LogP contribution in [0.15, 0.2) is 17.0 Å². The minimum Gasteiger partial charge on any atom is -0.347 e. The number of sulfonamides is 1. The van der Waals surface area contributed by atoms with E-state index in [1.165, 1.54) is 6.92 Å². The standard InChI is InChI=1S/C12H15N3O5S/c1-7-9(15(17)18)5-8(6-10(7)21(13,19)20)11(16)14-12(2)3-4-12/h5-6H,3-4H2,1-2H3,(H,14,16)(H2,13,19,20). The molecule has 2 rings (SSSR count). The molecule has 0 saturated heterocycles. The van der Waals surface area contributed by atoms with Crippen molar-refractivity contribution in [2.75, 3.05) is 0 Å². The van der Waals surface area contributed by atoms with E-state index in [-0.39, 0.29) is 16.7 Å². The van der Waals surface area contributed by atoms with Gasteiger partial charge in [0.1, 0.15) is 0 Å². The summed E-state index contributed by atoms with van der Waals surface area (Å²) in [5, 5.41) is 18.8. The molecule has 0 aromatic heterocycles. The van der Waals surface area contributed by atoms with E-state index < -0.39 is 31.4 Å². The molecule has 1 aromatic carbocycles. The highest BCUT2D eigenvalue weighted by Gasteiger charge is 2.39. The third-order valence-corrected chi connectivity index (χ3v) is 4.55. The number of rotatable bonds is 4. The summed E-state index contributed by atoms with van der Waals surface area (Å²) in [6.07, 6.45) is 1.63. The number of nitro groups is 1. The monoisotopic (exact) mass is 313 g/mol. The largest absolute Gasteiger partial charge is 0.347 e. The van der Waals surface area contributed by atoms with E-state index in [9.17, 15) is 23.3 Å². The van der Waals surface area contributed by atoms with Crippen molar-refractivity contribution in [3.63, 3.8) is 0 Å². The third kappa shape index (κ3) is 3.19. The molecule has 1 amide bonds. The molecule has 0 unspecified atom stereocenters. The average Bonchev–Trinajstić information content (AvgIpc) is 3.04. The van der Waals surface area contributed by atoms with Gasteiger partial charge in [0.25, 0.3) is 11.6 Å². The highest BCUT2D eigenvalue weighted by Crippen LogP contribution is 2.35. The molecule has 0 heterocycles. The summed E-state index contributed by atoms with van der Waals surface area (Å²) in [6.45, 7) is 3.12. The zero-order chi connectivity index (χ0) is 16.0. The van der Waals surface area contributed by atoms with E-state index in [1.54, 1.807) is 0 Å². The summed E-state index contributed by atoms with van der Waals surface area (Å²) in [5.41, 5.74) is -0.952. The van der Waals surface area contributed by atoms with Crippen LogP contribution in [0.25, 0.3) is 0 Å². The average molecular weight is 313 g/mol. The summed E-state index contributed by atoms with van der Waals surface area (Å²) in [4.78, 5) is 22.0. The van der Waals surface area contributed by atoms with Crippen LogP contribution in [0, 0.1) is 17.0 Å². The maximum Gasteiger partial charge on any atom is 0.274 e. The van der Waals surface area contributed by atoms with Crippen molar-refractivity contribution < 1.29 is 18.1 Å². The number of carbonyl (C=O) groups excluding carboxylic acids is 1. The highest BCUT2D eigenvalue weighted by atomic mass is 32.2. The van der Waals surface area contributed by atoms with Crippen molar-refractivity contribution in [1.29, 1.82) is 0 Å². The van der Waals surface area contributed by atoms with E-state index in [1.807, 2.05) is 6.92 Å². The second-order valence-electron chi connectivity index (χ2n) is 5.44. The van der Waals surface area contributed by atoms with Crippen LogP contribution in [-0.2, 0) is 10.0 Å². The molecule has 114 valence electrons. The lowest BCUT2D eigenvalue weighted by molar-refractivity contribution is -0.385. The Hall–Kier alpha value is -2.00. The summed E-state index contributed by atoms with van der Waals surface area (Å²) < 4.78 is 23.0. The Bertz CT molecular complexity index is 738. The summed E-state index contributed by atoms with van der Waals surface area (Å²) >= 11 is 0. The van der Waals surface area contributed by atoms with Gasteiger partial charge in [-0.15, -0.1) is 0 Å². The first-order valence-corrected chi connectivity index (χ1v) is 7.72. The molecule has 0 atom stereocenters. The predicted octanol–water partition coefficient (Wildman–Crippen LogP) is 0.833. The number of amides is 1. The number of nitrogens with one attached hydrogen (secondary N) is 1. The lowest BCUT2D eigenvalue weighted by atomic mass is 10.1. The van der Waals surface area contributed by atoms with Crippen molar-refractivity contribution >= 4 is 21.6 Å². The minimum absolute atomic E-state index is 0.0864. The van der Waals surface area contributed by atoms with Gasteiger partial charge < -0.3 is 5.32 Å². The van der Waals surface area contributed by atoms with Gasteiger partial charge in [0.2, 0.25) is 10.0 Å². The quantitative estimate of drug-likeness (QED) is 0.627. The Labute approximate surface area is 121 Å². The van der Waals surface area contributed by atoms with Gasteiger partial charge in [0, 0.05) is 22.7 Å². The van der Waals surface area contributed by atoms with Crippen molar-refractivity contribution in [2.45, 2.75) is 37.1 Å². The first kappa shape index (κ1) is 15.4.